The third-order valence-electron chi connectivity index (χ3n) is 2.55. The van der Waals surface area contributed by atoms with Gasteiger partial charge in [-0.25, -0.2) is 0 Å². The van der Waals surface area contributed by atoms with E-state index in [2.05, 4.69) is 5.10 Å². The zero-order valence-electron chi connectivity index (χ0n) is 8.40. The summed E-state index contributed by atoms with van der Waals surface area (Å²) in [7, 11) is 1.91. The van der Waals surface area contributed by atoms with Gasteiger partial charge in [-0.15, -0.1) is 0 Å². The molecule has 0 fully saturated rings. The molecule has 4 nitrogen and oxygen atoms in total. The maximum absolute atomic E-state index is 5.76. The molecule has 0 amide bonds. The Labute approximate surface area is 87.3 Å². The summed E-state index contributed by atoms with van der Waals surface area (Å²) in [6, 6.07) is 5.63. The number of fused-ring (bicyclic) bond motifs is 3. The molecule has 1 aliphatic rings. The Morgan fingerprint density at radius 2 is 2.33 bits per heavy atom. The fourth-order valence-corrected chi connectivity index (χ4v) is 1.88. The lowest BCUT2D eigenvalue weighted by Gasteiger charge is -2.16. The van der Waals surface area contributed by atoms with Gasteiger partial charge in [0.25, 0.3) is 0 Å². The molecule has 0 spiro atoms. The van der Waals surface area contributed by atoms with Gasteiger partial charge in [0, 0.05) is 30.1 Å². The van der Waals surface area contributed by atoms with Gasteiger partial charge in [0.05, 0.1) is 0 Å². The zero-order valence-corrected chi connectivity index (χ0v) is 8.40. The molecule has 15 heavy (non-hydrogen) atoms. The molecule has 0 unspecified atom stereocenters. The maximum Gasteiger partial charge on any atom is 0.129 e. The summed E-state index contributed by atoms with van der Waals surface area (Å²) in [6.07, 6.45) is 1.97. The number of ether oxygens (including phenoxy) is 1. The van der Waals surface area contributed by atoms with E-state index in [9.17, 15) is 0 Å². The Morgan fingerprint density at radius 3 is 3.20 bits per heavy atom. The molecular formula is C11H11N3O. The van der Waals surface area contributed by atoms with Crippen molar-refractivity contribution in [3.63, 3.8) is 0 Å². The smallest absolute Gasteiger partial charge is 0.129 e. The van der Waals surface area contributed by atoms with Crippen molar-refractivity contribution in [1.82, 2.24) is 9.78 Å². The predicted molar refractivity (Wildman–Crippen MR) is 57.4 cm³/mol. The summed E-state index contributed by atoms with van der Waals surface area (Å²) in [5, 5.41) is 4.41. The molecule has 2 aromatic rings. The van der Waals surface area contributed by atoms with E-state index < -0.39 is 0 Å². The molecule has 2 N–H and O–H groups in total. The average molecular weight is 201 g/mol. The Bertz CT molecular complexity index is 531. The van der Waals surface area contributed by atoms with Crippen molar-refractivity contribution in [3.8, 4) is 17.0 Å². The van der Waals surface area contributed by atoms with Crippen LogP contribution >= 0.6 is 0 Å². The summed E-state index contributed by atoms with van der Waals surface area (Å²) in [6.45, 7) is 0.583. The van der Waals surface area contributed by atoms with Crippen molar-refractivity contribution in [1.29, 1.82) is 0 Å². The number of nitrogens with zero attached hydrogens (tertiary/aromatic N) is 2. The van der Waals surface area contributed by atoms with Crippen LogP contribution in [-0.4, -0.2) is 9.78 Å². The third-order valence-corrected chi connectivity index (χ3v) is 2.55. The lowest BCUT2D eigenvalue weighted by Crippen LogP contribution is -2.04. The summed E-state index contributed by atoms with van der Waals surface area (Å²) >= 11 is 0. The average Bonchev–Trinajstić information content (AvgIpc) is 2.58. The Hall–Kier alpha value is -1.97. The number of hydrogen-bond acceptors (Lipinski definition) is 3. The number of nitrogen functional groups attached to an aromatic ring is 1. The van der Waals surface area contributed by atoms with Gasteiger partial charge in [0.15, 0.2) is 0 Å². The number of nitrogens with two attached hydrogens (primary N) is 1. The minimum absolute atomic E-state index is 0.583. The van der Waals surface area contributed by atoms with Crippen molar-refractivity contribution in [2.75, 3.05) is 5.73 Å². The molecule has 0 bridgehead atoms. The molecule has 1 aromatic heterocycles. The van der Waals surface area contributed by atoms with E-state index in [1.165, 1.54) is 0 Å². The van der Waals surface area contributed by atoms with E-state index in [4.69, 9.17) is 10.5 Å². The Kier molecular flexibility index (Phi) is 1.54. The van der Waals surface area contributed by atoms with Gasteiger partial charge >= 0.3 is 0 Å². The highest BCUT2D eigenvalue weighted by Crippen LogP contribution is 2.37. The number of aromatic nitrogens is 2. The van der Waals surface area contributed by atoms with E-state index >= 15 is 0 Å². The van der Waals surface area contributed by atoms with Crippen molar-refractivity contribution in [2.24, 2.45) is 7.05 Å². The predicted octanol–water partition coefficient (Wildman–Crippen LogP) is 1.56. The lowest BCUT2D eigenvalue weighted by molar-refractivity contribution is 0.302. The standard InChI is InChI=1S/C11H11N3O/c1-14-5-7-6-15-10-3-2-8(12)4-9(10)11(7)13-14/h2-5H,6,12H2,1H3. The summed E-state index contributed by atoms with van der Waals surface area (Å²) in [5.41, 5.74) is 9.56. The van der Waals surface area contributed by atoms with Gasteiger partial charge in [0.1, 0.15) is 18.1 Å². The van der Waals surface area contributed by atoms with Crippen LogP contribution in [0.25, 0.3) is 11.3 Å². The molecule has 4 heteroatoms. The monoisotopic (exact) mass is 201 g/mol. The van der Waals surface area contributed by atoms with E-state index in [0.29, 0.717) is 6.61 Å². The maximum atomic E-state index is 5.76. The van der Waals surface area contributed by atoms with Crippen molar-refractivity contribution >= 4 is 5.69 Å². The molecule has 76 valence electrons. The molecule has 1 aliphatic heterocycles. The SMILES string of the molecule is Cn1cc2c(n1)-c1cc(N)ccc1OC2. The topological polar surface area (TPSA) is 53.1 Å². The van der Waals surface area contributed by atoms with E-state index in [1.54, 1.807) is 4.68 Å². The molecule has 2 heterocycles. The van der Waals surface area contributed by atoms with Crippen LogP contribution in [0.4, 0.5) is 5.69 Å². The summed E-state index contributed by atoms with van der Waals surface area (Å²) < 4.78 is 7.41. The quantitative estimate of drug-likeness (QED) is 0.658. The van der Waals surface area contributed by atoms with E-state index in [0.717, 1.165) is 28.3 Å². The minimum atomic E-state index is 0.583. The molecule has 0 saturated heterocycles. The first kappa shape index (κ1) is 8.35. The molecule has 0 aliphatic carbocycles. The highest BCUT2D eigenvalue weighted by Gasteiger charge is 2.20. The van der Waals surface area contributed by atoms with Gasteiger partial charge in [-0.2, -0.15) is 5.10 Å². The molecule has 3 rings (SSSR count). The van der Waals surface area contributed by atoms with E-state index in [-0.39, 0.29) is 0 Å². The van der Waals surface area contributed by atoms with Crippen LogP contribution in [0.1, 0.15) is 5.56 Å². The normalized spacial score (nSPS) is 12.9. The molecular weight excluding hydrogens is 190 g/mol. The van der Waals surface area contributed by atoms with Gasteiger partial charge in [-0.1, -0.05) is 0 Å². The zero-order chi connectivity index (χ0) is 10.4. The Morgan fingerprint density at radius 1 is 1.47 bits per heavy atom. The molecule has 1 aromatic carbocycles. The first-order chi connectivity index (χ1) is 7.24. The van der Waals surface area contributed by atoms with Gasteiger partial charge < -0.3 is 10.5 Å². The van der Waals surface area contributed by atoms with Crippen LogP contribution in [0.15, 0.2) is 24.4 Å². The van der Waals surface area contributed by atoms with Gasteiger partial charge in [-0.05, 0) is 18.2 Å². The number of rotatable bonds is 0. The third kappa shape index (κ3) is 1.18. The first-order valence-electron chi connectivity index (χ1n) is 4.79. The Balaban J connectivity index is 2.27. The first-order valence-corrected chi connectivity index (χ1v) is 4.79. The fourth-order valence-electron chi connectivity index (χ4n) is 1.88. The number of benzene rings is 1. The minimum Gasteiger partial charge on any atom is -0.488 e. The van der Waals surface area contributed by atoms with Gasteiger partial charge in [0.2, 0.25) is 0 Å². The van der Waals surface area contributed by atoms with Gasteiger partial charge in [-0.3, -0.25) is 4.68 Å². The summed E-state index contributed by atoms with van der Waals surface area (Å²) in [5.74, 6) is 0.857. The van der Waals surface area contributed by atoms with Crippen molar-refractivity contribution < 1.29 is 4.74 Å². The molecule has 0 atom stereocenters. The highest BCUT2D eigenvalue weighted by molar-refractivity contribution is 5.74. The van der Waals surface area contributed by atoms with E-state index in [1.807, 2.05) is 31.4 Å². The highest BCUT2D eigenvalue weighted by atomic mass is 16.5. The molecule has 0 saturated carbocycles. The van der Waals surface area contributed by atoms with Crippen LogP contribution in [0.2, 0.25) is 0 Å². The number of hydrogen-bond donors (Lipinski definition) is 1. The lowest BCUT2D eigenvalue weighted by atomic mass is 10.0. The van der Waals surface area contributed by atoms with Crippen molar-refractivity contribution in [3.05, 3.63) is 30.0 Å². The number of anilines is 1. The van der Waals surface area contributed by atoms with Crippen LogP contribution in [-0.2, 0) is 13.7 Å². The fraction of sp³-hybridized carbons (Fsp3) is 0.182. The van der Waals surface area contributed by atoms with Crippen LogP contribution in [0.5, 0.6) is 5.75 Å². The largest absolute Gasteiger partial charge is 0.488 e. The second-order valence-electron chi connectivity index (χ2n) is 3.72. The number of aryl methyl sites for hydroxylation is 1. The molecule has 0 radical (unpaired) electrons. The van der Waals surface area contributed by atoms with Crippen molar-refractivity contribution in [2.45, 2.75) is 6.61 Å². The second kappa shape index (κ2) is 2.76. The second-order valence-corrected chi connectivity index (χ2v) is 3.72. The van der Waals surface area contributed by atoms with Crippen LogP contribution in [0.3, 0.4) is 0 Å². The van der Waals surface area contributed by atoms with Crippen LogP contribution < -0.4 is 10.5 Å². The van der Waals surface area contributed by atoms with Crippen LogP contribution in [0, 0.1) is 0 Å². The summed E-state index contributed by atoms with van der Waals surface area (Å²) in [4.78, 5) is 0.